The van der Waals surface area contributed by atoms with Crippen LogP contribution in [-0.4, -0.2) is 0 Å². The highest BCUT2D eigenvalue weighted by Gasteiger charge is 2.37. The largest absolute Gasteiger partial charge is 0.321 e. The van der Waals surface area contributed by atoms with E-state index in [1.54, 1.807) is 0 Å². The molecule has 1 nitrogen and oxygen atoms in total. The van der Waals surface area contributed by atoms with E-state index >= 15 is 0 Å². The van der Waals surface area contributed by atoms with Gasteiger partial charge in [0.2, 0.25) is 0 Å². The Labute approximate surface area is 80.0 Å². The summed E-state index contributed by atoms with van der Waals surface area (Å²) in [6.45, 7) is 2.26. The van der Waals surface area contributed by atoms with Gasteiger partial charge in [-0.2, -0.15) is 0 Å². The molecule has 1 fully saturated rings. The molecular formula is C12H17N. The summed E-state index contributed by atoms with van der Waals surface area (Å²) in [7, 11) is 0. The average molecular weight is 175 g/mol. The smallest absolute Gasteiger partial charge is 0.0435 e. The van der Waals surface area contributed by atoms with Gasteiger partial charge in [-0.25, -0.2) is 0 Å². The summed E-state index contributed by atoms with van der Waals surface area (Å²) in [5.74, 6) is 0.620. The molecular weight excluding hydrogens is 158 g/mol. The lowest BCUT2D eigenvalue weighted by molar-refractivity contribution is 0.349. The third-order valence-corrected chi connectivity index (χ3v) is 3.42. The molecule has 0 radical (unpaired) electrons. The lowest BCUT2D eigenvalue weighted by Crippen LogP contribution is -2.38. The molecule has 2 unspecified atom stereocenters. The van der Waals surface area contributed by atoms with Crippen molar-refractivity contribution in [2.75, 3.05) is 0 Å². The van der Waals surface area contributed by atoms with Crippen molar-refractivity contribution in [2.45, 2.75) is 31.7 Å². The molecule has 0 spiro atoms. The van der Waals surface area contributed by atoms with Gasteiger partial charge in [0.05, 0.1) is 0 Å². The number of hydrogen-bond donors (Lipinski definition) is 1. The highest BCUT2D eigenvalue weighted by atomic mass is 14.8. The minimum Gasteiger partial charge on any atom is -0.321 e. The maximum atomic E-state index is 6.42. The van der Waals surface area contributed by atoms with Crippen molar-refractivity contribution >= 4 is 0 Å². The first kappa shape index (κ1) is 8.76. The van der Waals surface area contributed by atoms with E-state index in [0.717, 1.165) is 6.42 Å². The fourth-order valence-electron chi connectivity index (χ4n) is 2.38. The Kier molecular flexibility index (Phi) is 2.12. The van der Waals surface area contributed by atoms with E-state index in [-0.39, 0.29) is 5.54 Å². The Morgan fingerprint density at radius 1 is 1.31 bits per heavy atom. The maximum absolute atomic E-state index is 6.42. The van der Waals surface area contributed by atoms with Crippen LogP contribution in [0.5, 0.6) is 0 Å². The van der Waals surface area contributed by atoms with Gasteiger partial charge in [-0.1, -0.05) is 43.7 Å². The Hall–Kier alpha value is -0.820. The van der Waals surface area contributed by atoms with Crippen LogP contribution < -0.4 is 5.73 Å². The molecule has 0 amide bonds. The summed E-state index contributed by atoms with van der Waals surface area (Å²) in [5, 5.41) is 0. The first-order valence-electron chi connectivity index (χ1n) is 5.08. The molecule has 1 aliphatic rings. The number of benzene rings is 1. The second-order valence-electron chi connectivity index (χ2n) is 4.20. The molecule has 1 aromatic rings. The van der Waals surface area contributed by atoms with E-state index in [2.05, 4.69) is 31.2 Å². The van der Waals surface area contributed by atoms with E-state index < -0.39 is 0 Å². The lowest BCUT2D eigenvalue weighted by atomic mass is 9.82. The van der Waals surface area contributed by atoms with Gasteiger partial charge in [0.15, 0.2) is 0 Å². The Morgan fingerprint density at radius 3 is 2.54 bits per heavy atom. The molecule has 13 heavy (non-hydrogen) atoms. The molecule has 0 heterocycles. The zero-order valence-electron chi connectivity index (χ0n) is 8.16. The Balaban J connectivity index is 2.34. The summed E-state index contributed by atoms with van der Waals surface area (Å²) in [4.78, 5) is 0. The lowest BCUT2D eigenvalue weighted by Gasteiger charge is -2.29. The molecule has 2 rings (SSSR count). The molecule has 1 saturated carbocycles. The first-order chi connectivity index (χ1) is 6.23. The highest BCUT2D eigenvalue weighted by Crippen LogP contribution is 2.40. The molecule has 0 saturated heterocycles. The molecule has 1 aliphatic carbocycles. The van der Waals surface area contributed by atoms with Gasteiger partial charge in [0, 0.05) is 5.54 Å². The van der Waals surface area contributed by atoms with Crippen molar-refractivity contribution in [3.8, 4) is 0 Å². The molecule has 2 atom stereocenters. The fraction of sp³-hybridized carbons (Fsp3) is 0.500. The van der Waals surface area contributed by atoms with Crippen molar-refractivity contribution in [3.63, 3.8) is 0 Å². The third kappa shape index (κ3) is 1.37. The average Bonchev–Trinajstić information content (AvgIpc) is 2.50. The van der Waals surface area contributed by atoms with Crippen LogP contribution >= 0.6 is 0 Å². The minimum absolute atomic E-state index is 0.0543. The molecule has 1 heteroatoms. The topological polar surface area (TPSA) is 26.0 Å². The second-order valence-corrected chi connectivity index (χ2v) is 4.20. The quantitative estimate of drug-likeness (QED) is 0.697. The first-order valence-corrected chi connectivity index (χ1v) is 5.08. The highest BCUT2D eigenvalue weighted by molar-refractivity contribution is 5.25. The van der Waals surface area contributed by atoms with E-state index in [1.807, 2.05) is 6.07 Å². The van der Waals surface area contributed by atoms with Crippen molar-refractivity contribution in [3.05, 3.63) is 35.9 Å². The van der Waals surface area contributed by atoms with Crippen LogP contribution in [0.15, 0.2) is 30.3 Å². The van der Waals surface area contributed by atoms with Gasteiger partial charge < -0.3 is 5.73 Å². The van der Waals surface area contributed by atoms with Crippen LogP contribution in [0.2, 0.25) is 0 Å². The van der Waals surface area contributed by atoms with Crippen LogP contribution in [0.3, 0.4) is 0 Å². The number of nitrogens with two attached hydrogens (primary N) is 1. The molecule has 70 valence electrons. The predicted molar refractivity (Wildman–Crippen MR) is 55.3 cm³/mol. The molecule has 0 aromatic heterocycles. The zero-order chi connectivity index (χ0) is 9.31. The summed E-state index contributed by atoms with van der Waals surface area (Å²) in [5.41, 5.74) is 7.68. The summed E-state index contributed by atoms with van der Waals surface area (Å²) < 4.78 is 0. The summed E-state index contributed by atoms with van der Waals surface area (Å²) >= 11 is 0. The standard InChI is InChI=1S/C12H17N/c1-10-6-5-9-12(10,13)11-7-3-2-4-8-11/h2-4,7-8,10H,5-6,9,13H2,1H3. The van der Waals surface area contributed by atoms with E-state index in [9.17, 15) is 0 Å². The Bertz CT molecular complexity index is 280. The van der Waals surface area contributed by atoms with E-state index in [1.165, 1.54) is 18.4 Å². The van der Waals surface area contributed by atoms with E-state index in [0.29, 0.717) is 5.92 Å². The predicted octanol–water partition coefficient (Wildman–Crippen LogP) is 2.66. The molecule has 2 N–H and O–H groups in total. The van der Waals surface area contributed by atoms with Gasteiger partial charge in [0.25, 0.3) is 0 Å². The van der Waals surface area contributed by atoms with Gasteiger partial charge in [-0.05, 0) is 24.3 Å². The number of hydrogen-bond acceptors (Lipinski definition) is 1. The maximum Gasteiger partial charge on any atom is 0.0435 e. The van der Waals surface area contributed by atoms with Crippen molar-refractivity contribution < 1.29 is 0 Å². The van der Waals surface area contributed by atoms with Gasteiger partial charge in [-0.3, -0.25) is 0 Å². The fourth-order valence-corrected chi connectivity index (χ4v) is 2.38. The summed E-state index contributed by atoms with van der Waals surface area (Å²) in [6.07, 6.45) is 3.68. The summed E-state index contributed by atoms with van der Waals surface area (Å²) in [6, 6.07) is 10.5. The van der Waals surface area contributed by atoms with E-state index in [4.69, 9.17) is 5.73 Å². The van der Waals surface area contributed by atoms with Gasteiger partial charge in [0.1, 0.15) is 0 Å². The zero-order valence-corrected chi connectivity index (χ0v) is 8.16. The molecule has 0 bridgehead atoms. The third-order valence-electron chi connectivity index (χ3n) is 3.42. The van der Waals surface area contributed by atoms with Gasteiger partial charge >= 0.3 is 0 Å². The second kappa shape index (κ2) is 3.15. The molecule has 1 aromatic carbocycles. The Morgan fingerprint density at radius 2 is 2.00 bits per heavy atom. The van der Waals surface area contributed by atoms with Crippen LogP contribution in [0.1, 0.15) is 31.7 Å². The van der Waals surface area contributed by atoms with Crippen LogP contribution in [0.25, 0.3) is 0 Å². The minimum atomic E-state index is -0.0543. The van der Waals surface area contributed by atoms with Gasteiger partial charge in [-0.15, -0.1) is 0 Å². The molecule has 0 aliphatic heterocycles. The number of rotatable bonds is 1. The SMILES string of the molecule is CC1CCCC1(N)c1ccccc1. The van der Waals surface area contributed by atoms with Crippen LogP contribution in [-0.2, 0) is 5.54 Å². The monoisotopic (exact) mass is 175 g/mol. The van der Waals surface area contributed by atoms with Crippen molar-refractivity contribution in [2.24, 2.45) is 11.7 Å². The van der Waals surface area contributed by atoms with Crippen LogP contribution in [0, 0.1) is 5.92 Å². The normalized spacial score (nSPS) is 33.5. The van der Waals surface area contributed by atoms with Crippen LogP contribution in [0.4, 0.5) is 0 Å². The van der Waals surface area contributed by atoms with Crippen molar-refractivity contribution in [1.29, 1.82) is 0 Å². The van der Waals surface area contributed by atoms with Crippen molar-refractivity contribution in [1.82, 2.24) is 0 Å².